The van der Waals surface area contributed by atoms with E-state index < -0.39 is 5.54 Å². The Labute approximate surface area is 124 Å². The fraction of sp³-hybridized carbons (Fsp3) is 1.00. The predicted octanol–water partition coefficient (Wildman–Crippen LogP) is 3.05. The van der Waals surface area contributed by atoms with E-state index in [1.165, 1.54) is 64.2 Å². The van der Waals surface area contributed by atoms with Gasteiger partial charge >= 0.3 is 0 Å². The van der Waals surface area contributed by atoms with Crippen molar-refractivity contribution in [3.63, 3.8) is 0 Å². The monoisotopic (exact) mass is 282 g/mol. The Hall–Kier alpha value is -0.120. The lowest BCUT2D eigenvalue weighted by Gasteiger charge is -2.43. The van der Waals surface area contributed by atoms with Gasteiger partial charge in [0.15, 0.2) is 0 Å². The van der Waals surface area contributed by atoms with Crippen LogP contribution in [0.5, 0.6) is 0 Å². The van der Waals surface area contributed by atoms with E-state index in [1.54, 1.807) is 0 Å². The zero-order valence-corrected chi connectivity index (χ0v) is 13.3. The zero-order chi connectivity index (χ0) is 14.4. The van der Waals surface area contributed by atoms with Gasteiger partial charge in [-0.1, -0.05) is 38.5 Å². The highest BCUT2D eigenvalue weighted by Gasteiger charge is 2.30. The van der Waals surface area contributed by atoms with E-state index in [0.717, 1.165) is 25.0 Å². The van der Waals surface area contributed by atoms with Crippen molar-refractivity contribution in [2.75, 3.05) is 13.2 Å². The highest BCUT2D eigenvalue weighted by molar-refractivity contribution is 4.87. The van der Waals surface area contributed by atoms with Crippen molar-refractivity contribution in [2.24, 2.45) is 5.73 Å². The lowest BCUT2D eigenvalue weighted by Crippen LogP contribution is -2.49. The molecule has 0 heterocycles. The summed E-state index contributed by atoms with van der Waals surface area (Å²) >= 11 is 0. The molecule has 0 radical (unpaired) electrons. The molecule has 20 heavy (non-hydrogen) atoms. The van der Waals surface area contributed by atoms with Crippen LogP contribution in [0.2, 0.25) is 0 Å². The first kappa shape index (κ1) is 16.3. The van der Waals surface area contributed by atoms with Crippen LogP contribution >= 0.6 is 0 Å². The molecule has 2 aliphatic rings. The number of hydrogen-bond donors (Lipinski definition) is 2. The molecule has 118 valence electrons. The summed E-state index contributed by atoms with van der Waals surface area (Å²) in [6.45, 7) is 3.14. The van der Waals surface area contributed by atoms with Crippen molar-refractivity contribution in [1.29, 1.82) is 0 Å². The summed E-state index contributed by atoms with van der Waals surface area (Å²) in [5, 5.41) is 9.38. The molecule has 0 aromatic heterocycles. The Morgan fingerprint density at radius 1 is 0.950 bits per heavy atom. The largest absolute Gasteiger partial charge is 0.394 e. The van der Waals surface area contributed by atoms with Crippen LogP contribution in [0.4, 0.5) is 0 Å². The fourth-order valence-corrected chi connectivity index (χ4v) is 3.95. The van der Waals surface area contributed by atoms with E-state index in [4.69, 9.17) is 5.73 Å². The average molecular weight is 282 g/mol. The van der Waals surface area contributed by atoms with E-state index in [-0.39, 0.29) is 6.61 Å². The summed E-state index contributed by atoms with van der Waals surface area (Å²) in [5.41, 5.74) is 5.73. The van der Waals surface area contributed by atoms with Crippen LogP contribution < -0.4 is 5.73 Å². The Morgan fingerprint density at radius 3 is 1.80 bits per heavy atom. The third-order valence-corrected chi connectivity index (χ3v) is 5.39. The van der Waals surface area contributed by atoms with Crippen molar-refractivity contribution < 1.29 is 5.11 Å². The van der Waals surface area contributed by atoms with E-state index in [9.17, 15) is 5.11 Å². The van der Waals surface area contributed by atoms with Crippen molar-refractivity contribution in [1.82, 2.24) is 4.90 Å². The second kappa shape index (κ2) is 7.77. The number of aliphatic hydroxyl groups excluding tert-OH is 1. The first-order chi connectivity index (χ1) is 9.62. The summed E-state index contributed by atoms with van der Waals surface area (Å²) in [6, 6.07) is 1.56. The normalized spacial score (nSPS) is 25.8. The topological polar surface area (TPSA) is 49.5 Å². The van der Waals surface area contributed by atoms with Crippen LogP contribution in [0, 0.1) is 0 Å². The van der Waals surface area contributed by atoms with E-state index in [1.807, 2.05) is 6.92 Å². The van der Waals surface area contributed by atoms with Crippen molar-refractivity contribution in [2.45, 2.75) is 95.2 Å². The minimum atomic E-state index is -0.415. The molecule has 3 nitrogen and oxygen atoms in total. The molecule has 2 aliphatic carbocycles. The number of nitrogens with zero attached hydrogens (tertiary/aromatic N) is 1. The summed E-state index contributed by atoms with van der Waals surface area (Å²) in [6.07, 6.45) is 14.8. The molecule has 0 aliphatic heterocycles. The van der Waals surface area contributed by atoms with E-state index in [2.05, 4.69) is 4.90 Å². The van der Waals surface area contributed by atoms with E-state index >= 15 is 0 Å². The summed E-state index contributed by atoms with van der Waals surface area (Å²) < 4.78 is 0. The smallest absolute Gasteiger partial charge is 0.0608 e. The third kappa shape index (κ3) is 4.71. The molecule has 0 bridgehead atoms. The minimum absolute atomic E-state index is 0.0934. The number of hydrogen-bond acceptors (Lipinski definition) is 3. The Kier molecular flexibility index (Phi) is 6.31. The van der Waals surface area contributed by atoms with Crippen LogP contribution in [-0.4, -0.2) is 40.8 Å². The molecule has 3 heteroatoms. The van der Waals surface area contributed by atoms with Gasteiger partial charge in [0.25, 0.3) is 0 Å². The highest BCUT2D eigenvalue weighted by atomic mass is 16.3. The van der Waals surface area contributed by atoms with Gasteiger partial charge in [-0.3, -0.25) is 4.90 Å². The molecule has 2 rings (SSSR count). The molecular formula is C17H34N2O. The number of rotatable bonds is 6. The molecule has 0 aromatic rings. The third-order valence-electron chi connectivity index (χ3n) is 5.39. The van der Waals surface area contributed by atoms with Gasteiger partial charge in [-0.2, -0.15) is 0 Å². The van der Waals surface area contributed by atoms with Gasteiger partial charge in [0.1, 0.15) is 0 Å². The van der Waals surface area contributed by atoms with Crippen LogP contribution in [0.3, 0.4) is 0 Å². The molecule has 0 spiro atoms. The van der Waals surface area contributed by atoms with Gasteiger partial charge in [0.05, 0.1) is 6.61 Å². The van der Waals surface area contributed by atoms with Gasteiger partial charge in [-0.05, 0) is 39.0 Å². The van der Waals surface area contributed by atoms with Gasteiger partial charge in [-0.25, -0.2) is 0 Å². The van der Waals surface area contributed by atoms with E-state index in [0.29, 0.717) is 0 Å². The quantitative estimate of drug-likeness (QED) is 0.787. The molecular weight excluding hydrogens is 248 g/mol. The lowest BCUT2D eigenvalue weighted by atomic mass is 9.87. The van der Waals surface area contributed by atoms with Gasteiger partial charge in [-0.15, -0.1) is 0 Å². The zero-order valence-electron chi connectivity index (χ0n) is 13.3. The SMILES string of the molecule is CC(N)(CO)CCN(C1CCCCC1)C1CCCCC1. The van der Waals surface area contributed by atoms with Crippen molar-refractivity contribution >= 4 is 0 Å². The lowest BCUT2D eigenvalue weighted by molar-refractivity contribution is 0.0674. The van der Waals surface area contributed by atoms with Crippen LogP contribution in [0.25, 0.3) is 0 Å². The van der Waals surface area contributed by atoms with Crippen LogP contribution in [0.15, 0.2) is 0 Å². The van der Waals surface area contributed by atoms with Gasteiger partial charge in [0, 0.05) is 24.2 Å². The molecule has 0 aromatic carbocycles. The number of nitrogens with two attached hydrogens (primary N) is 1. The molecule has 0 amide bonds. The predicted molar refractivity (Wildman–Crippen MR) is 84.7 cm³/mol. The summed E-state index contributed by atoms with van der Waals surface area (Å²) in [5.74, 6) is 0. The number of aliphatic hydroxyl groups is 1. The van der Waals surface area contributed by atoms with Crippen molar-refractivity contribution in [3.8, 4) is 0 Å². The maximum atomic E-state index is 9.38. The Balaban J connectivity index is 1.94. The first-order valence-corrected chi connectivity index (χ1v) is 8.78. The average Bonchev–Trinajstić information content (AvgIpc) is 2.49. The van der Waals surface area contributed by atoms with Crippen LogP contribution in [-0.2, 0) is 0 Å². The van der Waals surface area contributed by atoms with Gasteiger partial charge < -0.3 is 10.8 Å². The molecule has 1 atom stereocenters. The molecule has 1 unspecified atom stereocenters. The maximum absolute atomic E-state index is 9.38. The first-order valence-electron chi connectivity index (χ1n) is 8.78. The summed E-state index contributed by atoms with van der Waals surface area (Å²) in [7, 11) is 0. The summed E-state index contributed by atoms with van der Waals surface area (Å²) in [4.78, 5) is 2.78. The second-order valence-electron chi connectivity index (χ2n) is 7.38. The molecule has 2 fully saturated rings. The second-order valence-corrected chi connectivity index (χ2v) is 7.38. The van der Waals surface area contributed by atoms with Gasteiger partial charge in [0.2, 0.25) is 0 Å². The minimum Gasteiger partial charge on any atom is -0.394 e. The molecule has 2 saturated carbocycles. The molecule has 3 N–H and O–H groups in total. The van der Waals surface area contributed by atoms with Crippen molar-refractivity contribution in [3.05, 3.63) is 0 Å². The van der Waals surface area contributed by atoms with Crippen LogP contribution in [0.1, 0.15) is 77.6 Å². The Morgan fingerprint density at radius 2 is 1.40 bits per heavy atom. The Bertz CT molecular complexity index is 250. The maximum Gasteiger partial charge on any atom is 0.0608 e. The highest BCUT2D eigenvalue weighted by Crippen LogP contribution is 2.30. The fourth-order valence-electron chi connectivity index (χ4n) is 3.95. The standard InChI is InChI=1S/C17H34N2O/c1-17(18,14-20)12-13-19(15-8-4-2-5-9-15)16-10-6-3-7-11-16/h15-16,20H,2-14,18H2,1H3. The molecule has 0 saturated heterocycles.